The number of carbonyl (C=O) groups excluding carboxylic acids is 1. The summed E-state index contributed by atoms with van der Waals surface area (Å²) in [6.45, 7) is 2.34. The van der Waals surface area contributed by atoms with Crippen molar-refractivity contribution < 1.29 is 4.79 Å². The molecule has 1 heterocycles. The Morgan fingerprint density at radius 3 is 2.62 bits per heavy atom. The van der Waals surface area contributed by atoms with Gasteiger partial charge in [0.15, 0.2) is 0 Å². The van der Waals surface area contributed by atoms with Crippen LogP contribution in [0, 0.1) is 6.92 Å². The van der Waals surface area contributed by atoms with E-state index in [4.69, 9.17) is 0 Å². The molecule has 24 heavy (non-hydrogen) atoms. The summed E-state index contributed by atoms with van der Waals surface area (Å²) in [5, 5.41) is 3.93. The number of hydrogen-bond acceptors (Lipinski definition) is 2. The van der Waals surface area contributed by atoms with Crippen molar-refractivity contribution in [1.82, 2.24) is 10.3 Å². The molecule has 2 aromatic carbocycles. The highest BCUT2D eigenvalue weighted by Crippen LogP contribution is 2.14. The van der Waals surface area contributed by atoms with E-state index in [1.165, 1.54) is 0 Å². The summed E-state index contributed by atoms with van der Waals surface area (Å²) >= 11 is 0. The van der Waals surface area contributed by atoms with Gasteiger partial charge in [0.25, 0.3) is 5.56 Å². The minimum Gasteiger partial charge on any atom is -0.352 e. The van der Waals surface area contributed by atoms with Gasteiger partial charge in [-0.1, -0.05) is 42.5 Å². The lowest BCUT2D eigenvalue weighted by Crippen LogP contribution is -2.22. The van der Waals surface area contributed by atoms with E-state index in [2.05, 4.69) is 10.3 Å². The normalized spacial score (nSPS) is 10.7. The Morgan fingerprint density at radius 2 is 1.83 bits per heavy atom. The highest BCUT2D eigenvalue weighted by Gasteiger charge is 2.04. The molecule has 1 aromatic heterocycles. The highest BCUT2D eigenvalue weighted by molar-refractivity contribution is 5.80. The van der Waals surface area contributed by atoms with Gasteiger partial charge in [-0.3, -0.25) is 9.59 Å². The van der Waals surface area contributed by atoms with Crippen molar-refractivity contribution in [2.45, 2.75) is 26.3 Å². The van der Waals surface area contributed by atoms with E-state index >= 15 is 0 Å². The topological polar surface area (TPSA) is 62.0 Å². The molecule has 3 rings (SSSR count). The van der Waals surface area contributed by atoms with Gasteiger partial charge in [-0.05, 0) is 42.0 Å². The number of benzene rings is 2. The Labute approximate surface area is 140 Å². The quantitative estimate of drug-likeness (QED) is 0.759. The summed E-state index contributed by atoms with van der Waals surface area (Å²) in [7, 11) is 0. The zero-order valence-corrected chi connectivity index (χ0v) is 13.6. The highest BCUT2D eigenvalue weighted by atomic mass is 16.1. The summed E-state index contributed by atoms with van der Waals surface area (Å²) in [5.74, 6) is 0.0244. The van der Waals surface area contributed by atoms with Crippen LogP contribution in [-0.2, 0) is 17.8 Å². The molecule has 0 atom stereocenters. The summed E-state index contributed by atoms with van der Waals surface area (Å²) < 4.78 is 0. The minimum atomic E-state index is -0.0692. The fourth-order valence-electron chi connectivity index (χ4n) is 2.66. The predicted octanol–water partition coefficient (Wildman–Crippen LogP) is 3.09. The number of nitrogens with one attached hydrogen (secondary N) is 2. The first-order valence-corrected chi connectivity index (χ1v) is 8.05. The number of H-pyrrole nitrogens is 1. The van der Waals surface area contributed by atoms with E-state index in [0.717, 1.165) is 22.0 Å². The standard InChI is InChI=1S/C20H20N2O2/c1-14-11-17-9-7-15(12-18(17)22-20(14)24)8-10-19(23)21-13-16-5-3-2-4-6-16/h2-7,9,11-12H,8,10,13H2,1H3,(H,21,23)(H,22,24). The number of amides is 1. The van der Waals surface area contributed by atoms with Crippen molar-refractivity contribution in [3.05, 3.63) is 81.6 Å². The van der Waals surface area contributed by atoms with Crippen LogP contribution in [0.2, 0.25) is 0 Å². The molecule has 122 valence electrons. The maximum Gasteiger partial charge on any atom is 0.251 e. The van der Waals surface area contributed by atoms with Crippen molar-refractivity contribution in [3.8, 4) is 0 Å². The van der Waals surface area contributed by atoms with Crippen LogP contribution in [-0.4, -0.2) is 10.9 Å². The van der Waals surface area contributed by atoms with Gasteiger partial charge in [-0.25, -0.2) is 0 Å². The van der Waals surface area contributed by atoms with E-state index in [1.807, 2.05) is 54.6 Å². The molecule has 0 bridgehead atoms. The van der Waals surface area contributed by atoms with Gasteiger partial charge in [0.05, 0.1) is 0 Å². The van der Waals surface area contributed by atoms with Gasteiger partial charge in [-0.15, -0.1) is 0 Å². The van der Waals surface area contributed by atoms with Crippen molar-refractivity contribution in [2.24, 2.45) is 0 Å². The molecule has 0 radical (unpaired) electrons. The predicted molar refractivity (Wildman–Crippen MR) is 95.9 cm³/mol. The van der Waals surface area contributed by atoms with Crippen molar-refractivity contribution in [3.63, 3.8) is 0 Å². The lowest BCUT2D eigenvalue weighted by Gasteiger charge is -2.07. The fourth-order valence-corrected chi connectivity index (χ4v) is 2.66. The molecule has 0 fully saturated rings. The molecule has 0 aliphatic carbocycles. The number of aryl methyl sites for hydroxylation is 2. The maximum atomic E-state index is 12.0. The second-order valence-corrected chi connectivity index (χ2v) is 5.97. The third-order valence-corrected chi connectivity index (χ3v) is 4.07. The molecular formula is C20H20N2O2. The third-order valence-electron chi connectivity index (χ3n) is 4.07. The molecule has 2 N–H and O–H groups in total. The molecular weight excluding hydrogens is 300 g/mol. The van der Waals surface area contributed by atoms with Gasteiger partial charge in [0.1, 0.15) is 0 Å². The second kappa shape index (κ2) is 7.13. The van der Waals surface area contributed by atoms with Gasteiger partial charge in [0.2, 0.25) is 5.91 Å². The largest absolute Gasteiger partial charge is 0.352 e. The number of fused-ring (bicyclic) bond motifs is 1. The summed E-state index contributed by atoms with van der Waals surface area (Å²) in [4.78, 5) is 26.6. The number of aromatic nitrogens is 1. The maximum absolute atomic E-state index is 12.0. The van der Waals surface area contributed by atoms with Crippen molar-refractivity contribution in [2.75, 3.05) is 0 Å². The van der Waals surface area contributed by atoms with Crippen LogP contribution in [0.3, 0.4) is 0 Å². The summed E-state index contributed by atoms with van der Waals surface area (Å²) in [6.07, 6.45) is 1.07. The lowest BCUT2D eigenvalue weighted by atomic mass is 10.1. The lowest BCUT2D eigenvalue weighted by molar-refractivity contribution is -0.121. The van der Waals surface area contributed by atoms with E-state index in [9.17, 15) is 9.59 Å². The minimum absolute atomic E-state index is 0.0244. The molecule has 0 aliphatic rings. The van der Waals surface area contributed by atoms with Crippen LogP contribution >= 0.6 is 0 Å². The first-order chi connectivity index (χ1) is 11.6. The number of hydrogen-bond donors (Lipinski definition) is 2. The SMILES string of the molecule is Cc1cc2ccc(CCC(=O)NCc3ccccc3)cc2[nH]c1=O. The first-order valence-electron chi connectivity index (χ1n) is 8.05. The number of rotatable bonds is 5. The van der Waals surface area contributed by atoms with Gasteiger partial charge in [0, 0.05) is 24.0 Å². The van der Waals surface area contributed by atoms with Gasteiger partial charge < -0.3 is 10.3 Å². The third kappa shape index (κ3) is 3.90. The zero-order chi connectivity index (χ0) is 16.9. The van der Waals surface area contributed by atoms with Crippen molar-refractivity contribution >= 4 is 16.8 Å². The van der Waals surface area contributed by atoms with Crippen LogP contribution in [0.4, 0.5) is 0 Å². The van der Waals surface area contributed by atoms with Crippen LogP contribution < -0.4 is 10.9 Å². The number of aromatic amines is 1. The molecule has 1 amide bonds. The van der Waals surface area contributed by atoms with Crippen molar-refractivity contribution in [1.29, 1.82) is 0 Å². The van der Waals surface area contributed by atoms with E-state index in [0.29, 0.717) is 24.9 Å². The summed E-state index contributed by atoms with van der Waals surface area (Å²) in [6, 6.07) is 17.7. The average molecular weight is 320 g/mol. The Balaban J connectivity index is 1.60. The smallest absolute Gasteiger partial charge is 0.251 e. The van der Waals surface area contributed by atoms with Crippen LogP contribution in [0.15, 0.2) is 59.4 Å². The van der Waals surface area contributed by atoms with Gasteiger partial charge in [-0.2, -0.15) is 0 Å². The Kier molecular flexibility index (Phi) is 4.75. The molecule has 3 aromatic rings. The van der Waals surface area contributed by atoms with E-state index in [1.54, 1.807) is 6.92 Å². The second-order valence-electron chi connectivity index (χ2n) is 5.97. The zero-order valence-electron chi connectivity index (χ0n) is 13.6. The van der Waals surface area contributed by atoms with E-state index in [-0.39, 0.29) is 11.5 Å². The number of pyridine rings is 1. The average Bonchev–Trinajstić information content (AvgIpc) is 2.60. The Bertz CT molecular complexity index is 914. The Hall–Kier alpha value is -2.88. The molecule has 0 aliphatic heterocycles. The first kappa shape index (κ1) is 16.0. The van der Waals surface area contributed by atoms with Crippen LogP contribution in [0.1, 0.15) is 23.1 Å². The monoisotopic (exact) mass is 320 g/mol. The van der Waals surface area contributed by atoms with Crippen LogP contribution in [0.5, 0.6) is 0 Å². The Morgan fingerprint density at radius 1 is 1.04 bits per heavy atom. The van der Waals surface area contributed by atoms with Gasteiger partial charge >= 0.3 is 0 Å². The molecule has 0 spiro atoms. The molecule has 0 saturated heterocycles. The van der Waals surface area contributed by atoms with E-state index < -0.39 is 0 Å². The molecule has 0 unspecified atom stereocenters. The molecule has 4 nitrogen and oxygen atoms in total. The fraction of sp³-hybridized carbons (Fsp3) is 0.200. The molecule has 0 saturated carbocycles. The molecule has 4 heteroatoms. The van der Waals surface area contributed by atoms with Crippen LogP contribution in [0.25, 0.3) is 10.9 Å². The summed E-state index contributed by atoms with van der Waals surface area (Å²) in [5.41, 5.74) is 3.57. The number of carbonyl (C=O) groups is 1.